The molecule has 2 heterocycles. The summed E-state index contributed by atoms with van der Waals surface area (Å²) in [5.41, 5.74) is 2.80. The number of amides is 2. The van der Waals surface area contributed by atoms with Gasteiger partial charge in [-0.25, -0.2) is 0 Å². The summed E-state index contributed by atoms with van der Waals surface area (Å²) in [6, 6.07) is 15.4. The van der Waals surface area contributed by atoms with Crippen molar-refractivity contribution in [1.82, 2.24) is 9.80 Å². The lowest BCUT2D eigenvalue weighted by atomic mass is 9.99. The molecule has 2 aliphatic rings. The smallest absolute Gasteiger partial charge is 0.263 e. The van der Waals surface area contributed by atoms with Crippen molar-refractivity contribution in [3.8, 4) is 5.75 Å². The number of benzene rings is 2. The summed E-state index contributed by atoms with van der Waals surface area (Å²) >= 11 is 0. The Morgan fingerprint density at radius 3 is 2.69 bits per heavy atom. The number of ether oxygens (including phenoxy) is 1. The van der Waals surface area contributed by atoms with Gasteiger partial charge in [0, 0.05) is 39.3 Å². The Morgan fingerprint density at radius 1 is 1.22 bits per heavy atom. The number of likely N-dealkylation sites (N-methyl/N-ethyl adjacent to an activating group) is 1. The van der Waals surface area contributed by atoms with Gasteiger partial charge in [0.2, 0.25) is 5.91 Å². The summed E-state index contributed by atoms with van der Waals surface area (Å²) in [6.07, 6.45) is 1.22. The molecule has 0 bridgehead atoms. The predicted octanol–water partition coefficient (Wildman–Crippen LogP) is 2.60. The minimum Gasteiger partial charge on any atom is -0.480 e. The number of anilines is 1. The quantitative estimate of drug-likeness (QED) is 0.726. The number of fused-ring (bicyclic) bond motifs is 1. The zero-order valence-electron chi connectivity index (χ0n) is 18.7. The van der Waals surface area contributed by atoms with E-state index in [0.29, 0.717) is 31.7 Å². The van der Waals surface area contributed by atoms with Crippen LogP contribution < -0.4 is 10.1 Å². The normalized spacial score (nSPS) is 21.3. The van der Waals surface area contributed by atoms with E-state index in [2.05, 4.69) is 10.2 Å². The van der Waals surface area contributed by atoms with Gasteiger partial charge in [-0.2, -0.15) is 0 Å². The first-order valence-electron chi connectivity index (χ1n) is 11.2. The molecular weight excluding hydrogens is 406 g/mol. The number of hydrogen-bond acceptors (Lipinski definition) is 5. The third-order valence-corrected chi connectivity index (χ3v) is 6.28. The molecule has 170 valence electrons. The monoisotopic (exact) mass is 437 g/mol. The van der Waals surface area contributed by atoms with Crippen LogP contribution in [0.3, 0.4) is 0 Å². The van der Waals surface area contributed by atoms with Gasteiger partial charge in [-0.3, -0.25) is 14.5 Å². The molecule has 2 N–H and O–H groups in total. The highest BCUT2D eigenvalue weighted by Crippen LogP contribution is 2.32. The van der Waals surface area contributed by atoms with Crippen LogP contribution in [0.15, 0.2) is 48.5 Å². The molecule has 2 amide bonds. The first kappa shape index (κ1) is 22.3. The van der Waals surface area contributed by atoms with Crippen molar-refractivity contribution in [2.24, 2.45) is 0 Å². The van der Waals surface area contributed by atoms with Crippen LogP contribution in [-0.2, 0) is 16.0 Å². The van der Waals surface area contributed by atoms with Crippen LogP contribution in [0, 0.1) is 0 Å². The van der Waals surface area contributed by atoms with E-state index >= 15 is 0 Å². The Kier molecular flexibility index (Phi) is 6.77. The van der Waals surface area contributed by atoms with E-state index in [9.17, 15) is 14.7 Å². The number of carbonyl (C=O) groups excluding carboxylic acids is 2. The fourth-order valence-electron chi connectivity index (χ4n) is 4.57. The molecule has 7 nitrogen and oxygen atoms in total. The maximum absolute atomic E-state index is 13.4. The van der Waals surface area contributed by atoms with Gasteiger partial charge in [-0.05, 0) is 48.6 Å². The van der Waals surface area contributed by atoms with Crippen LogP contribution in [0.2, 0.25) is 0 Å². The molecule has 0 saturated carbocycles. The summed E-state index contributed by atoms with van der Waals surface area (Å²) in [7, 11) is 1.84. The largest absolute Gasteiger partial charge is 0.480 e. The lowest BCUT2D eigenvalue weighted by Crippen LogP contribution is -2.46. The second kappa shape index (κ2) is 9.71. The predicted molar refractivity (Wildman–Crippen MR) is 122 cm³/mol. The van der Waals surface area contributed by atoms with Crippen LogP contribution in [0.1, 0.15) is 36.9 Å². The van der Waals surface area contributed by atoms with Gasteiger partial charge in [0.15, 0.2) is 6.10 Å². The number of nitrogens with zero attached hydrogens (tertiary/aromatic N) is 2. The fraction of sp³-hybridized carbons (Fsp3) is 0.440. The van der Waals surface area contributed by atoms with Crippen molar-refractivity contribution in [2.45, 2.75) is 44.4 Å². The van der Waals surface area contributed by atoms with Crippen molar-refractivity contribution in [1.29, 1.82) is 0 Å². The average molecular weight is 438 g/mol. The average Bonchev–Trinajstić information content (AvgIpc) is 3.21. The Labute approximate surface area is 189 Å². The van der Waals surface area contributed by atoms with Crippen LogP contribution >= 0.6 is 0 Å². The Balaban J connectivity index is 1.48. The van der Waals surface area contributed by atoms with Crippen LogP contribution in [0.4, 0.5) is 5.69 Å². The van der Waals surface area contributed by atoms with Crippen molar-refractivity contribution in [2.75, 3.05) is 32.0 Å². The van der Waals surface area contributed by atoms with Gasteiger partial charge in [-0.15, -0.1) is 0 Å². The molecule has 1 unspecified atom stereocenters. The van der Waals surface area contributed by atoms with E-state index in [1.165, 1.54) is 6.92 Å². The molecule has 1 fully saturated rings. The lowest BCUT2D eigenvalue weighted by molar-refractivity contribution is -0.140. The van der Waals surface area contributed by atoms with Crippen molar-refractivity contribution in [3.63, 3.8) is 0 Å². The molecular formula is C25H31N3O4. The molecule has 0 aromatic heterocycles. The van der Waals surface area contributed by atoms with Gasteiger partial charge in [0.25, 0.3) is 5.91 Å². The van der Waals surface area contributed by atoms with E-state index in [0.717, 1.165) is 29.8 Å². The van der Waals surface area contributed by atoms with Crippen molar-refractivity contribution in [3.05, 3.63) is 59.7 Å². The van der Waals surface area contributed by atoms with Gasteiger partial charge in [0.05, 0.1) is 12.1 Å². The number of carbonyl (C=O) groups is 2. The Bertz CT molecular complexity index is 965. The fourth-order valence-corrected chi connectivity index (χ4v) is 4.57. The van der Waals surface area contributed by atoms with Gasteiger partial charge in [-0.1, -0.05) is 30.3 Å². The highest BCUT2D eigenvalue weighted by molar-refractivity contribution is 5.89. The topological polar surface area (TPSA) is 82.1 Å². The summed E-state index contributed by atoms with van der Waals surface area (Å²) in [6.45, 7) is 3.62. The second-order valence-corrected chi connectivity index (χ2v) is 8.73. The maximum atomic E-state index is 13.4. The molecule has 2 aromatic rings. The number of aryl methyl sites for hydroxylation is 1. The lowest BCUT2D eigenvalue weighted by Gasteiger charge is -2.35. The Morgan fingerprint density at radius 2 is 2.00 bits per heavy atom. The molecule has 0 radical (unpaired) electrons. The third-order valence-electron chi connectivity index (χ3n) is 6.28. The summed E-state index contributed by atoms with van der Waals surface area (Å²) in [4.78, 5) is 28.8. The molecule has 0 aliphatic carbocycles. The van der Waals surface area contributed by atoms with Gasteiger partial charge in [0.1, 0.15) is 5.75 Å². The van der Waals surface area contributed by atoms with Crippen molar-refractivity contribution < 1.29 is 19.4 Å². The first-order chi connectivity index (χ1) is 15.4. The number of rotatable bonds is 6. The number of aliphatic hydroxyl groups is 1. The first-order valence-corrected chi connectivity index (χ1v) is 11.2. The van der Waals surface area contributed by atoms with Crippen molar-refractivity contribution >= 4 is 17.5 Å². The molecule has 2 aromatic carbocycles. The molecule has 7 heteroatoms. The van der Waals surface area contributed by atoms with E-state index in [1.54, 1.807) is 11.0 Å². The SMILES string of the molecule is CC(=O)Nc1ccc2c(c1)CCC(C(=O)N(C)[C@H](CN1CC[C@H](O)C1)c1ccccc1)O2. The number of β-amino-alcohol motifs (C(OH)–C–C–N with tert-alkyl or cyclic N) is 1. The van der Waals surface area contributed by atoms with Crippen LogP contribution in [0.5, 0.6) is 5.75 Å². The van der Waals surface area contributed by atoms with Crippen LogP contribution in [-0.4, -0.2) is 65.6 Å². The Hall–Kier alpha value is -2.90. The van der Waals surface area contributed by atoms with Gasteiger partial charge < -0.3 is 20.1 Å². The van der Waals surface area contributed by atoms with E-state index < -0.39 is 6.10 Å². The third kappa shape index (κ3) is 5.11. The number of hydrogen-bond donors (Lipinski definition) is 2. The summed E-state index contributed by atoms with van der Waals surface area (Å²) in [5, 5.41) is 12.7. The van der Waals surface area contributed by atoms with E-state index in [4.69, 9.17) is 4.74 Å². The van der Waals surface area contributed by atoms with E-state index in [-0.39, 0.29) is 24.0 Å². The number of nitrogens with one attached hydrogen (secondary N) is 1. The zero-order valence-corrected chi connectivity index (χ0v) is 18.7. The minimum atomic E-state index is -0.547. The molecule has 0 spiro atoms. The molecule has 32 heavy (non-hydrogen) atoms. The van der Waals surface area contributed by atoms with E-state index in [1.807, 2.05) is 49.5 Å². The minimum absolute atomic E-state index is 0.0461. The molecule has 2 aliphatic heterocycles. The summed E-state index contributed by atoms with van der Waals surface area (Å²) < 4.78 is 6.09. The summed E-state index contributed by atoms with van der Waals surface area (Å²) in [5.74, 6) is 0.528. The highest BCUT2D eigenvalue weighted by Gasteiger charge is 2.34. The molecule has 1 saturated heterocycles. The zero-order chi connectivity index (χ0) is 22.7. The second-order valence-electron chi connectivity index (χ2n) is 8.73. The maximum Gasteiger partial charge on any atom is 0.263 e. The highest BCUT2D eigenvalue weighted by atomic mass is 16.5. The van der Waals surface area contributed by atoms with Gasteiger partial charge >= 0.3 is 0 Å². The van der Waals surface area contributed by atoms with Crippen LogP contribution in [0.25, 0.3) is 0 Å². The number of aliphatic hydroxyl groups excluding tert-OH is 1. The molecule has 4 rings (SSSR count). The standard InChI is InChI=1S/C25H31N3O4/c1-17(29)26-20-9-11-23-19(14-20)8-10-24(32-23)25(31)27(2)22(18-6-4-3-5-7-18)16-28-13-12-21(30)15-28/h3-7,9,11,14,21-22,24,30H,8,10,12-13,15-16H2,1-2H3,(H,26,29)/t21-,22+,24?/m0/s1. The number of likely N-dealkylation sites (tertiary alicyclic amines) is 1. The molecule has 3 atom stereocenters.